The lowest BCUT2D eigenvalue weighted by Gasteiger charge is -2.13. The average molecular weight is 533 g/mol. The number of benzene rings is 3. The van der Waals surface area contributed by atoms with Gasteiger partial charge in [-0.25, -0.2) is 0 Å². The van der Waals surface area contributed by atoms with Crippen LogP contribution in [-0.4, -0.2) is 33.6 Å². The van der Waals surface area contributed by atoms with Gasteiger partial charge in [-0.05, 0) is 42.5 Å². The molecule has 2 N–H and O–H groups in total. The molecule has 1 aromatic heterocycles. The van der Waals surface area contributed by atoms with Crippen LogP contribution in [0.2, 0.25) is 0 Å². The Kier molecular flexibility index (Phi) is 7.46. The number of para-hydroxylation sites is 1. The zero-order valence-electron chi connectivity index (χ0n) is 19.1. The molecule has 13 heteroatoms. The fourth-order valence-electron chi connectivity index (χ4n) is 3.18. The van der Waals surface area contributed by atoms with Gasteiger partial charge in [-0.1, -0.05) is 36.4 Å². The minimum Gasteiger partial charge on any atom is -0.454 e. The largest absolute Gasteiger partial charge is 0.454 e. The van der Waals surface area contributed by atoms with E-state index in [1.165, 1.54) is 30.3 Å². The van der Waals surface area contributed by atoms with Crippen LogP contribution in [0.5, 0.6) is 6.01 Å². The number of aromatic nitrogens is 3. The molecular formula is C25H17F6N5O2. The van der Waals surface area contributed by atoms with Crippen LogP contribution in [-0.2, 0) is 6.18 Å². The molecule has 0 fully saturated rings. The number of anilines is 3. The predicted octanol–water partition coefficient (Wildman–Crippen LogP) is 6.49. The summed E-state index contributed by atoms with van der Waals surface area (Å²) in [5, 5.41) is 5.23. The van der Waals surface area contributed by atoms with Crippen LogP contribution in [0.3, 0.4) is 0 Å². The summed E-state index contributed by atoms with van der Waals surface area (Å²) in [6.45, 7) is -1.71. The molecule has 4 rings (SSSR count). The zero-order valence-corrected chi connectivity index (χ0v) is 19.1. The summed E-state index contributed by atoms with van der Waals surface area (Å²) in [6, 6.07) is 17.9. The second-order valence-electron chi connectivity index (χ2n) is 7.77. The van der Waals surface area contributed by atoms with Gasteiger partial charge in [0.1, 0.15) is 0 Å². The normalized spacial score (nSPS) is 11.6. The molecule has 1 amide bonds. The Bertz CT molecular complexity index is 1430. The number of nitrogens with zero attached hydrogens (tertiary/aromatic N) is 3. The molecule has 1 heterocycles. The maximum Gasteiger partial charge on any atom is 0.422 e. The summed E-state index contributed by atoms with van der Waals surface area (Å²) < 4.78 is 82.1. The Morgan fingerprint density at radius 1 is 0.789 bits per heavy atom. The fourth-order valence-corrected chi connectivity index (χ4v) is 3.18. The van der Waals surface area contributed by atoms with E-state index < -0.39 is 36.4 Å². The van der Waals surface area contributed by atoms with E-state index >= 15 is 0 Å². The number of carbonyl (C=O) groups excluding carboxylic acids is 1. The van der Waals surface area contributed by atoms with Crippen molar-refractivity contribution in [2.45, 2.75) is 12.4 Å². The maximum absolute atomic E-state index is 13.1. The first-order valence-corrected chi connectivity index (χ1v) is 10.8. The van der Waals surface area contributed by atoms with Crippen molar-refractivity contribution in [2.24, 2.45) is 0 Å². The first kappa shape index (κ1) is 26.4. The Hall–Kier alpha value is -4.68. The summed E-state index contributed by atoms with van der Waals surface area (Å²) in [6.07, 6.45) is -9.32. The molecule has 0 atom stereocenters. The molecule has 0 unspecified atom stereocenters. The highest BCUT2D eigenvalue weighted by Crippen LogP contribution is 2.31. The fraction of sp³-hybridized carbons (Fsp3) is 0.120. The van der Waals surface area contributed by atoms with Gasteiger partial charge in [0.05, 0.1) is 5.56 Å². The van der Waals surface area contributed by atoms with Crippen molar-refractivity contribution < 1.29 is 35.9 Å². The third-order valence-electron chi connectivity index (χ3n) is 4.84. The lowest BCUT2D eigenvalue weighted by molar-refractivity contribution is -0.154. The molecule has 0 bridgehead atoms. The molecule has 3 aromatic carbocycles. The SMILES string of the molecule is O=C(Nc1ccccc1)c1cccc(-c2nc(Nc3cccc(C(F)(F)F)c3)nc(OCC(F)(F)F)n2)c1. The summed E-state index contributed by atoms with van der Waals surface area (Å²) in [5.41, 5.74) is -0.0790. The zero-order chi connectivity index (χ0) is 27.3. The standard InChI is InChI=1S/C25H17F6N5O2/c26-24(27,28)14-38-23-35-20(34-22(36-23)33-19-11-5-8-17(13-19)25(29,30)31)15-6-4-7-16(12-15)21(37)32-18-9-2-1-3-10-18/h1-13H,14H2,(H,32,37)(H,33,34,35,36). The van der Waals surface area contributed by atoms with Gasteiger partial charge in [-0.15, -0.1) is 0 Å². The van der Waals surface area contributed by atoms with E-state index in [1.54, 1.807) is 30.3 Å². The molecule has 0 aliphatic heterocycles. The molecule has 4 aromatic rings. The lowest BCUT2D eigenvalue weighted by Crippen LogP contribution is -2.20. The third-order valence-corrected chi connectivity index (χ3v) is 4.84. The number of carbonyl (C=O) groups is 1. The Morgan fingerprint density at radius 2 is 1.50 bits per heavy atom. The van der Waals surface area contributed by atoms with E-state index in [0.717, 1.165) is 18.2 Å². The smallest absolute Gasteiger partial charge is 0.422 e. The van der Waals surface area contributed by atoms with E-state index in [4.69, 9.17) is 0 Å². The van der Waals surface area contributed by atoms with Gasteiger partial charge in [-0.3, -0.25) is 4.79 Å². The van der Waals surface area contributed by atoms with Crippen LogP contribution < -0.4 is 15.4 Å². The average Bonchev–Trinajstić information content (AvgIpc) is 2.87. The van der Waals surface area contributed by atoms with Crippen molar-refractivity contribution >= 4 is 23.2 Å². The minimum absolute atomic E-state index is 0.0743. The number of hydrogen-bond donors (Lipinski definition) is 2. The van der Waals surface area contributed by atoms with Gasteiger partial charge in [0.25, 0.3) is 5.91 Å². The lowest BCUT2D eigenvalue weighted by atomic mass is 10.1. The summed E-state index contributed by atoms with van der Waals surface area (Å²) in [4.78, 5) is 24.4. The third kappa shape index (κ3) is 7.18. The molecule has 0 saturated heterocycles. The van der Waals surface area contributed by atoms with Crippen LogP contribution in [0.4, 0.5) is 43.7 Å². The van der Waals surface area contributed by atoms with Crippen molar-refractivity contribution in [1.29, 1.82) is 0 Å². The van der Waals surface area contributed by atoms with Gasteiger partial charge < -0.3 is 15.4 Å². The highest BCUT2D eigenvalue weighted by molar-refractivity contribution is 6.04. The number of rotatable bonds is 7. The molecule has 0 aliphatic rings. The summed E-state index contributed by atoms with van der Waals surface area (Å²) >= 11 is 0. The van der Waals surface area contributed by atoms with Gasteiger partial charge >= 0.3 is 18.4 Å². The number of nitrogens with one attached hydrogen (secondary N) is 2. The van der Waals surface area contributed by atoms with Crippen LogP contribution in [0.15, 0.2) is 78.9 Å². The highest BCUT2D eigenvalue weighted by Gasteiger charge is 2.31. The first-order valence-electron chi connectivity index (χ1n) is 10.8. The Labute approximate surface area is 211 Å². The van der Waals surface area contributed by atoms with Gasteiger partial charge in [0.2, 0.25) is 5.95 Å². The van der Waals surface area contributed by atoms with Crippen molar-refractivity contribution in [1.82, 2.24) is 15.0 Å². The second-order valence-corrected chi connectivity index (χ2v) is 7.77. The van der Waals surface area contributed by atoms with E-state index in [1.807, 2.05) is 0 Å². The van der Waals surface area contributed by atoms with E-state index in [2.05, 4.69) is 30.3 Å². The predicted molar refractivity (Wildman–Crippen MR) is 126 cm³/mol. The van der Waals surface area contributed by atoms with Crippen molar-refractivity contribution in [2.75, 3.05) is 17.2 Å². The Morgan fingerprint density at radius 3 is 2.21 bits per heavy atom. The maximum atomic E-state index is 13.1. The molecule has 0 saturated carbocycles. The first-order chi connectivity index (χ1) is 18.0. The molecule has 0 radical (unpaired) electrons. The summed E-state index contributed by atoms with van der Waals surface area (Å²) in [5.74, 6) is -1.02. The second kappa shape index (κ2) is 10.7. The van der Waals surface area contributed by atoms with Gasteiger partial charge in [0.15, 0.2) is 12.4 Å². The highest BCUT2D eigenvalue weighted by atomic mass is 19.4. The number of alkyl halides is 6. The summed E-state index contributed by atoms with van der Waals surface area (Å²) in [7, 11) is 0. The molecule has 0 spiro atoms. The van der Waals surface area contributed by atoms with E-state index in [-0.39, 0.29) is 28.6 Å². The van der Waals surface area contributed by atoms with Crippen LogP contribution in [0.25, 0.3) is 11.4 Å². The van der Waals surface area contributed by atoms with Crippen LogP contribution >= 0.6 is 0 Å². The van der Waals surface area contributed by atoms with Crippen molar-refractivity contribution in [3.8, 4) is 17.4 Å². The number of amides is 1. The number of hydrogen-bond acceptors (Lipinski definition) is 6. The topological polar surface area (TPSA) is 89.0 Å². The van der Waals surface area contributed by atoms with Gasteiger partial charge in [-0.2, -0.15) is 41.3 Å². The molecule has 0 aliphatic carbocycles. The number of ether oxygens (including phenoxy) is 1. The van der Waals surface area contributed by atoms with Crippen molar-refractivity contribution in [3.05, 3.63) is 90.0 Å². The molecular weight excluding hydrogens is 516 g/mol. The quantitative estimate of drug-likeness (QED) is 0.264. The molecule has 38 heavy (non-hydrogen) atoms. The van der Waals surface area contributed by atoms with Crippen molar-refractivity contribution in [3.63, 3.8) is 0 Å². The van der Waals surface area contributed by atoms with Crippen LogP contribution in [0, 0.1) is 0 Å². The molecule has 196 valence electrons. The monoisotopic (exact) mass is 533 g/mol. The molecule has 7 nitrogen and oxygen atoms in total. The van der Waals surface area contributed by atoms with Gasteiger partial charge in [0, 0.05) is 22.5 Å². The minimum atomic E-state index is -4.70. The Balaban J connectivity index is 1.66. The number of halogens is 6. The van der Waals surface area contributed by atoms with Crippen LogP contribution in [0.1, 0.15) is 15.9 Å². The van der Waals surface area contributed by atoms with E-state index in [9.17, 15) is 31.1 Å². The van der Waals surface area contributed by atoms with E-state index in [0.29, 0.717) is 5.69 Å².